The average Bonchev–Trinajstić information content (AvgIpc) is 2.60. The van der Waals surface area contributed by atoms with Gasteiger partial charge in [0.1, 0.15) is 23.7 Å². The predicted molar refractivity (Wildman–Crippen MR) is 107 cm³/mol. The first-order chi connectivity index (χ1) is 11.9. The van der Waals surface area contributed by atoms with Crippen molar-refractivity contribution in [1.82, 2.24) is 0 Å². The van der Waals surface area contributed by atoms with Gasteiger partial charge < -0.3 is 14.6 Å². The van der Waals surface area contributed by atoms with Gasteiger partial charge in [-0.15, -0.1) is 0 Å². The molecule has 3 heteroatoms. The van der Waals surface area contributed by atoms with E-state index in [1.807, 2.05) is 18.2 Å². The summed E-state index contributed by atoms with van der Waals surface area (Å²) in [7, 11) is 0. The molecule has 2 aromatic rings. The minimum Gasteiger partial charge on any atom is -0.488 e. The third-order valence-electron chi connectivity index (χ3n) is 5.43. The van der Waals surface area contributed by atoms with Gasteiger partial charge in [-0.1, -0.05) is 37.8 Å². The van der Waals surface area contributed by atoms with E-state index in [0.717, 1.165) is 35.5 Å². The van der Waals surface area contributed by atoms with Crippen LogP contribution < -0.4 is 9.47 Å². The lowest BCUT2D eigenvalue weighted by atomic mass is 9.86. The molecule has 3 nitrogen and oxygen atoms in total. The Morgan fingerprint density at radius 3 is 2.42 bits per heavy atom. The Labute approximate surface area is 158 Å². The summed E-state index contributed by atoms with van der Waals surface area (Å²) in [6, 6.07) is 10.3. The highest BCUT2D eigenvalue weighted by Crippen LogP contribution is 2.44. The minimum atomic E-state index is -0.280. The van der Waals surface area contributed by atoms with Crippen LogP contribution in [0.25, 0.3) is 0 Å². The minimum absolute atomic E-state index is 0. The highest BCUT2D eigenvalue weighted by atomic mass is 16.5. The molecule has 0 fully saturated rings. The van der Waals surface area contributed by atoms with Crippen molar-refractivity contribution in [2.24, 2.45) is 0 Å². The second-order valence-corrected chi connectivity index (χ2v) is 7.31. The van der Waals surface area contributed by atoms with Crippen molar-refractivity contribution in [3.05, 3.63) is 58.1 Å². The fourth-order valence-electron chi connectivity index (χ4n) is 3.64. The molecule has 0 saturated carbocycles. The molecular weight excluding hydrogens is 324 g/mol. The van der Waals surface area contributed by atoms with Crippen molar-refractivity contribution in [1.29, 1.82) is 0 Å². The quantitative estimate of drug-likeness (QED) is 0.791. The van der Waals surface area contributed by atoms with E-state index in [2.05, 4.69) is 39.8 Å². The van der Waals surface area contributed by atoms with Crippen LogP contribution in [0.2, 0.25) is 0 Å². The van der Waals surface area contributed by atoms with Crippen LogP contribution in [0.15, 0.2) is 30.3 Å². The SMILES string of the molecule is C.Cc1c(C)c2c(c(C)c1OCc1ccccc1)CC[C@@](C)(CCO)O2. The van der Waals surface area contributed by atoms with Gasteiger partial charge in [-0.25, -0.2) is 0 Å². The lowest BCUT2D eigenvalue weighted by Crippen LogP contribution is -2.38. The molecule has 142 valence electrons. The van der Waals surface area contributed by atoms with Gasteiger partial charge in [-0.05, 0) is 62.8 Å². The molecule has 1 heterocycles. The van der Waals surface area contributed by atoms with Gasteiger partial charge in [0.05, 0.1) is 0 Å². The number of rotatable bonds is 5. The molecule has 26 heavy (non-hydrogen) atoms. The van der Waals surface area contributed by atoms with Gasteiger partial charge >= 0.3 is 0 Å². The first-order valence-corrected chi connectivity index (χ1v) is 9.04. The second kappa shape index (κ2) is 8.13. The predicted octanol–water partition coefficient (Wildman–Crippen LogP) is 5.29. The van der Waals surface area contributed by atoms with Gasteiger partial charge in [0.15, 0.2) is 0 Å². The van der Waals surface area contributed by atoms with E-state index in [9.17, 15) is 5.11 Å². The van der Waals surface area contributed by atoms with Crippen LogP contribution in [-0.2, 0) is 13.0 Å². The Morgan fingerprint density at radius 2 is 1.77 bits per heavy atom. The summed E-state index contributed by atoms with van der Waals surface area (Å²) in [5, 5.41) is 9.33. The molecule has 0 amide bonds. The summed E-state index contributed by atoms with van der Waals surface area (Å²) in [6.45, 7) is 9.16. The van der Waals surface area contributed by atoms with Crippen LogP contribution in [0.4, 0.5) is 0 Å². The summed E-state index contributed by atoms with van der Waals surface area (Å²) < 4.78 is 12.6. The van der Waals surface area contributed by atoms with E-state index in [4.69, 9.17) is 9.47 Å². The number of ether oxygens (including phenoxy) is 2. The van der Waals surface area contributed by atoms with Crippen molar-refractivity contribution in [2.75, 3.05) is 6.61 Å². The zero-order valence-corrected chi connectivity index (χ0v) is 15.7. The smallest absolute Gasteiger partial charge is 0.127 e. The van der Waals surface area contributed by atoms with Crippen molar-refractivity contribution in [2.45, 2.75) is 66.6 Å². The molecule has 0 saturated heterocycles. The summed E-state index contributed by atoms with van der Waals surface area (Å²) in [6.07, 6.45) is 2.54. The molecule has 0 radical (unpaired) electrons. The Morgan fingerprint density at radius 1 is 1.08 bits per heavy atom. The molecule has 1 aliphatic rings. The van der Waals surface area contributed by atoms with E-state index >= 15 is 0 Å². The first-order valence-electron chi connectivity index (χ1n) is 9.04. The number of aliphatic hydroxyl groups is 1. The Kier molecular flexibility index (Phi) is 6.35. The number of benzene rings is 2. The zero-order chi connectivity index (χ0) is 18.0. The molecular formula is C23H32O3. The summed E-state index contributed by atoms with van der Waals surface area (Å²) in [4.78, 5) is 0. The number of hydrogen-bond donors (Lipinski definition) is 1. The van der Waals surface area contributed by atoms with Crippen LogP contribution in [0.3, 0.4) is 0 Å². The Balaban J connectivity index is 0.00000243. The van der Waals surface area contributed by atoms with E-state index in [1.165, 1.54) is 16.7 Å². The zero-order valence-electron chi connectivity index (χ0n) is 15.7. The highest BCUT2D eigenvalue weighted by Gasteiger charge is 2.34. The van der Waals surface area contributed by atoms with Crippen molar-refractivity contribution in [3.8, 4) is 11.5 Å². The molecule has 1 N–H and O–H groups in total. The normalized spacial score (nSPS) is 18.5. The molecule has 0 aromatic heterocycles. The van der Waals surface area contributed by atoms with Gasteiger partial charge in [-0.2, -0.15) is 0 Å². The van der Waals surface area contributed by atoms with E-state index in [-0.39, 0.29) is 19.6 Å². The molecule has 1 atom stereocenters. The van der Waals surface area contributed by atoms with E-state index in [1.54, 1.807) is 0 Å². The molecule has 0 aliphatic carbocycles. The molecule has 3 rings (SSSR count). The topological polar surface area (TPSA) is 38.7 Å². The second-order valence-electron chi connectivity index (χ2n) is 7.31. The van der Waals surface area contributed by atoms with Gasteiger partial charge in [0.2, 0.25) is 0 Å². The molecule has 2 aromatic carbocycles. The van der Waals surface area contributed by atoms with E-state index < -0.39 is 0 Å². The lowest BCUT2D eigenvalue weighted by Gasteiger charge is -2.38. The maximum atomic E-state index is 9.33. The van der Waals surface area contributed by atoms with Gasteiger partial charge in [-0.3, -0.25) is 0 Å². The number of hydrogen-bond acceptors (Lipinski definition) is 3. The van der Waals surface area contributed by atoms with Crippen LogP contribution in [0.1, 0.15) is 55.0 Å². The number of fused-ring (bicyclic) bond motifs is 1. The van der Waals surface area contributed by atoms with Crippen LogP contribution in [-0.4, -0.2) is 17.3 Å². The summed E-state index contributed by atoms with van der Waals surface area (Å²) in [5.41, 5.74) is 5.61. The van der Waals surface area contributed by atoms with Crippen molar-refractivity contribution in [3.63, 3.8) is 0 Å². The molecule has 1 aliphatic heterocycles. The molecule has 0 spiro atoms. The standard InChI is InChI=1S/C22H28O3.CH4/c1-15-16(2)21-19(10-11-22(4,25-21)12-13-23)17(3)20(15)24-14-18-8-6-5-7-9-18;/h5-9,23H,10-14H2,1-4H3;1H4/t22-;/m0./s1. The van der Waals surface area contributed by atoms with Crippen LogP contribution in [0, 0.1) is 20.8 Å². The van der Waals surface area contributed by atoms with Crippen molar-refractivity contribution >= 4 is 0 Å². The maximum Gasteiger partial charge on any atom is 0.127 e. The monoisotopic (exact) mass is 356 g/mol. The van der Waals surface area contributed by atoms with Gasteiger partial charge in [0.25, 0.3) is 0 Å². The van der Waals surface area contributed by atoms with Crippen molar-refractivity contribution < 1.29 is 14.6 Å². The number of aliphatic hydroxyl groups excluding tert-OH is 1. The lowest BCUT2D eigenvalue weighted by molar-refractivity contribution is 0.0377. The highest BCUT2D eigenvalue weighted by molar-refractivity contribution is 5.59. The maximum absolute atomic E-state index is 9.33. The largest absolute Gasteiger partial charge is 0.488 e. The summed E-state index contributed by atoms with van der Waals surface area (Å²) in [5.74, 6) is 1.97. The molecule has 0 unspecified atom stereocenters. The van der Waals surface area contributed by atoms with Gasteiger partial charge in [0, 0.05) is 18.6 Å². The average molecular weight is 357 g/mol. The van der Waals surface area contributed by atoms with Crippen LogP contribution >= 0.6 is 0 Å². The fourth-order valence-corrected chi connectivity index (χ4v) is 3.64. The summed E-state index contributed by atoms with van der Waals surface area (Å²) >= 11 is 0. The van der Waals surface area contributed by atoms with E-state index in [0.29, 0.717) is 13.0 Å². The third kappa shape index (κ3) is 3.88. The Bertz CT molecular complexity index is 752. The molecule has 0 bridgehead atoms. The third-order valence-corrected chi connectivity index (χ3v) is 5.43. The van der Waals surface area contributed by atoms with Crippen LogP contribution in [0.5, 0.6) is 11.5 Å². The fraction of sp³-hybridized carbons (Fsp3) is 0.478. The Hall–Kier alpha value is -2.00. The first kappa shape index (κ1) is 20.3.